The number of likely N-dealkylation sites (N-methyl/N-ethyl adjacent to an activating group) is 1. The van der Waals surface area contributed by atoms with Crippen LogP contribution in [0.25, 0.3) is 6.08 Å². The fourth-order valence-corrected chi connectivity index (χ4v) is 2.07. The van der Waals surface area contributed by atoms with Crippen molar-refractivity contribution in [1.82, 2.24) is 5.32 Å². The van der Waals surface area contributed by atoms with Crippen LogP contribution in [0.2, 0.25) is 5.02 Å². The molecule has 0 atom stereocenters. The smallest absolute Gasteiger partial charge is 0.0479 e. The van der Waals surface area contributed by atoms with Gasteiger partial charge in [0, 0.05) is 16.0 Å². The summed E-state index contributed by atoms with van der Waals surface area (Å²) in [6.45, 7) is 8.42. The van der Waals surface area contributed by atoms with E-state index in [0.29, 0.717) is 5.92 Å². The molecule has 0 fully saturated rings. The molecular weight excluding hydrogens is 298 g/mol. The van der Waals surface area contributed by atoms with E-state index in [9.17, 15) is 0 Å². The lowest BCUT2D eigenvalue weighted by Gasteiger charge is -2.12. The molecule has 1 aromatic carbocycles. The predicted molar refractivity (Wildman–Crippen MR) is 80.5 cm³/mol. The standard InChI is InChI=1S/C14H19BrClN/c1-4-17-9-12(10(2)3)7-11-8-13(15)5-6-14(11)16/h5-8,10,17H,4,9H2,1-3H3/b12-7-. The summed E-state index contributed by atoms with van der Waals surface area (Å²) in [5.41, 5.74) is 2.44. The summed E-state index contributed by atoms with van der Waals surface area (Å²) in [6.07, 6.45) is 2.18. The Hall–Kier alpha value is -0.310. The molecular formula is C14H19BrClN. The Morgan fingerprint density at radius 3 is 2.76 bits per heavy atom. The maximum absolute atomic E-state index is 6.19. The third-order valence-corrected chi connectivity index (χ3v) is 3.46. The number of rotatable bonds is 5. The second-order valence-corrected chi connectivity index (χ2v) is 5.64. The van der Waals surface area contributed by atoms with Gasteiger partial charge in [0.1, 0.15) is 0 Å². The lowest BCUT2D eigenvalue weighted by atomic mass is 10.0. The normalized spacial score (nSPS) is 12.2. The highest BCUT2D eigenvalue weighted by molar-refractivity contribution is 9.10. The predicted octanol–water partition coefficient (Wildman–Crippen LogP) is 4.75. The van der Waals surface area contributed by atoms with E-state index in [1.165, 1.54) is 5.57 Å². The van der Waals surface area contributed by atoms with E-state index in [4.69, 9.17) is 11.6 Å². The van der Waals surface area contributed by atoms with Crippen LogP contribution in [0.15, 0.2) is 28.2 Å². The van der Waals surface area contributed by atoms with Crippen LogP contribution in [0.1, 0.15) is 26.3 Å². The van der Waals surface area contributed by atoms with E-state index in [0.717, 1.165) is 28.1 Å². The van der Waals surface area contributed by atoms with Crippen molar-refractivity contribution in [3.8, 4) is 0 Å². The van der Waals surface area contributed by atoms with Crippen molar-refractivity contribution in [2.75, 3.05) is 13.1 Å². The van der Waals surface area contributed by atoms with Crippen molar-refractivity contribution in [3.63, 3.8) is 0 Å². The molecule has 1 nitrogen and oxygen atoms in total. The molecule has 0 aliphatic rings. The van der Waals surface area contributed by atoms with Gasteiger partial charge in [0.05, 0.1) is 0 Å². The molecule has 0 heterocycles. The van der Waals surface area contributed by atoms with Gasteiger partial charge in [-0.25, -0.2) is 0 Å². The third-order valence-electron chi connectivity index (χ3n) is 2.62. The maximum atomic E-state index is 6.19. The Labute approximate surface area is 117 Å². The zero-order chi connectivity index (χ0) is 12.8. The summed E-state index contributed by atoms with van der Waals surface area (Å²) < 4.78 is 1.06. The second-order valence-electron chi connectivity index (χ2n) is 4.32. The van der Waals surface area contributed by atoms with Crippen molar-refractivity contribution in [1.29, 1.82) is 0 Å². The molecule has 1 N–H and O–H groups in total. The largest absolute Gasteiger partial charge is 0.313 e. The Balaban J connectivity index is 2.99. The summed E-state index contributed by atoms with van der Waals surface area (Å²) in [4.78, 5) is 0. The molecule has 1 aromatic rings. The first-order valence-electron chi connectivity index (χ1n) is 5.90. The lowest BCUT2D eigenvalue weighted by molar-refractivity contribution is 0.682. The summed E-state index contributed by atoms with van der Waals surface area (Å²) in [5, 5.41) is 4.16. The van der Waals surface area contributed by atoms with Crippen molar-refractivity contribution < 1.29 is 0 Å². The van der Waals surface area contributed by atoms with Crippen molar-refractivity contribution >= 4 is 33.6 Å². The minimum Gasteiger partial charge on any atom is -0.313 e. The highest BCUT2D eigenvalue weighted by Gasteiger charge is 2.05. The van der Waals surface area contributed by atoms with E-state index >= 15 is 0 Å². The number of hydrogen-bond donors (Lipinski definition) is 1. The van der Waals surface area contributed by atoms with Gasteiger partial charge in [0.15, 0.2) is 0 Å². The van der Waals surface area contributed by atoms with Gasteiger partial charge in [-0.2, -0.15) is 0 Å². The van der Waals surface area contributed by atoms with Gasteiger partial charge in [0.2, 0.25) is 0 Å². The van der Waals surface area contributed by atoms with Crippen LogP contribution >= 0.6 is 27.5 Å². The van der Waals surface area contributed by atoms with Crippen LogP contribution in [-0.4, -0.2) is 13.1 Å². The van der Waals surface area contributed by atoms with E-state index in [1.807, 2.05) is 12.1 Å². The highest BCUT2D eigenvalue weighted by atomic mass is 79.9. The topological polar surface area (TPSA) is 12.0 Å². The van der Waals surface area contributed by atoms with Gasteiger partial charge in [-0.3, -0.25) is 0 Å². The first-order valence-corrected chi connectivity index (χ1v) is 7.08. The lowest BCUT2D eigenvalue weighted by Crippen LogP contribution is -2.18. The van der Waals surface area contributed by atoms with Crippen molar-refractivity contribution in [2.45, 2.75) is 20.8 Å². The number of benzene rings is 1. The second kappa shape index (κ2) is 7.20. The molecule has 0 spiro atoms. The maximum Gasteiger partial charge on any atom is 0.0479 e. The Bertz CT molecular complexity index is 399. The molecule has 0 aromatic heterocycles. The fraction of sp³-hybridized carbons (Fsp3) is 0.429. The molecule has 0 aliphatic carbocycles. The van der Waals surface area contributed by atoms with E-state index < -0.39 is 0 Å². The fourth-order valence-electron chi connectivity index (χ4n) is 1.52. The molecule has 0 unspecified atom stereocenters. The van der Waals surface area contributed by atoms with E-state index in [2.05, 4.69) is 54.2 Å². The molecule has 0 bridgehead atoms. The first-order chi connectivity index (χ1) is 8.04. The summed E-state index contributed by atoms with van der Waals surface area (Å²) in [6, 6.07) is 5.93. The Morgan fingerprint density at radius 2 is 2.18 bits per heavy atom. The summed E-state index contributed by atoms with van der Waals surface area (Å²) in [5.74, 6) is 0.518. The van der Waals surface area contributed by atoms with Crippen LogP contribution in [0.5, 0.6) is 0 Å². The number of hydrogen-bond acceptors (Lipinski definition) is 1. The van der Waals surface area contributed by atoms with E-state index in [1.54, 1.807) is 0 Å². The van der Waals surface area contributed by atoms with Gasteiger partial charge >= 0.3 is 0 Å². The molecule has 0 amide bonds. The SMILES string of the molecule is CCNC/C(=C/c1cc(Br)ccc1Cl)C(C)C. The zero-order valence-corrected chi connectivity index (χ0v) is 12.9. The molecule has 0 radical (unpaired) electrons. The number of halogens is 2. The summed E-state index contributed by atoms with van der Waals surface area (Å²) in [7, 11) is 0. The van der Waals surface area contributed by atoms with Gasteiger partial charge in [-0.15, -0.1) is 0 Å². The average Bonchev–Trinajstić information content (AvgIpc) is 2.28. The molecule has 0 saturated carbocycles. The first kappa shape index (κ1) is 14.7. The van der Waals surface area contributed by atoms with Crippen LogP contribution in [0.4, 0.5) is 0 Å². The van der Waals surface area contributed by atoms with Gasteiger partial charge in [-0.05, 0) is 36.2 Å². The van der Waals surface area contributed by atoms with Gasteiger partial charge in [-0.1, -0.05) is 60.0 Å². The summed E-state index contributed by atoms with van der Waals surface area (Å²) >= 11 is 9.67. The quantitative estimate of drug-likeness (QED) is 0.826. The van der Waals surface area contributed by atoms with Gasteiger partial charge < -0.3 is 5.32 Å². The van der Waals surface area contributed by atoms with Crippen LogP contribution in [0, 0.1) is 5.92 Å². The zero-order valence-electron chi connectivity index (χ0n) is 10.6. The van der Waals surface area contributed by atoms with Crippen molar-refractivity contribution in [2.24, 2.45) is 5.92 Å². The third kappa shape index (κ3) is 4.82. The molecule has 3 heteroatoms. The molecule has 0 aliphatic heterocycles. The molecule has 17 heavy (non-hydrogen) atoms. The van der Waals surface area contributed by atoms with Crippen LogP contribution in [-0.2, 0) is 0 Å². The minimum atomic E-state index is 0.518. The highest BCUT2D eigenvalue weighted by Crippen LogP contribution is 2.24. The average molecular weight is 317 g/mol. The Morgan fingerprint density at radius 1 is 1.47 bits per heavy atom. The van der Waals surface area contributed by atoms with Crippen molar-refractivity contribution in [3.05, 3.63) is 38.8 Å². The molecule has 94 valence electrons. The van der Waals surface area contributed by atoms with Crippen LogP contribution in [0.3, 0.4) is 0 Å². The van der Waals surface area contributed by atoms with E-state index in [-0.39, 0.29) is 0 Å². The minimum absolute atomic E-state index is 0.518. The Kier molecular flexibility index (Phi) is 6.24. The monoisotopic (exact) mass is 315 g/mol. The number of nitrogens with one attached hydrogen (secondary N) is 1. The molecule has 0 saturated heterocycles. The molecule has 1 rings (SSSR count). The van der Waals surface area contributed by atoms with Crippen LogP contribution < -0.4 is 5.32 Å². The van der Waals surface area contributed by atoms with Gasteiger partial charge in [0.25, 0.3) is 0 Å².